The molecule has 1 N–H and O–H groups in total. The van der Waals surface area contributed by atoms with E-state index in [9.17, 15) is 22.8 Å². The molecule has 1 saturated carbocycles. The van der Waals surface area contributed by atoms with Crippen LogP contribution >= 0.6 is 0 Å². The van der Waals surface area contributed by atoms with Gasteiger partial charge in [-0.1, -0.05) is 6.92 Å². The third-order valence-electron chi connectivity index (χ3n) is 5.07. The molecule has 1 aromatic rings. The maximum Gasteiger partial charge on any atom is 0.254 e. The molecule has 5 nitrogen and oxygen atoms in total. The van der Waals surface area contributed by atoms with Crippen LogP contribution in [0.2, 0.25) is 0 Å². The minimum absolute atomic E-state index is 0.145. The third kappa shape index (κ3) is 4.66. The van der Waals surface area contributed by atoms with Crippen LogP contribution in [0.1, 0.15) is 42.1 Å². The first-order chi connectivity index (χ1) is 13.3. The van der Waals surface area contributed by atoms with Gasteiger partial charge >= 0.3 is 0 Å². The highest BCUT2D eigenvalue weighted by Gasteiger charge is 2.46. The molecule has 0 bridgehead atoms. The lowest BCUT2D eigenvalue weighted by Gasteiger charge is -2.36. The van der Waals surface area contributed by atoms with Gasteiger partial charge in [-0.3, -0.25) is 9.59 Å². The number of alkyl halides is 2. The third-order valence-corrected chi connectivity index (χ3v) is 5.07. The number of hydrogen-bond acceptors (Lipinski definition) is 3. The lowest BCUT2D eigenvalue weighted by Crippen LogP contribution is -2.53. The van der Waals surface area contributed by atoms with Crippen molar-refractivity contribution in [1.29, 1.82) is 0 Å². The number of benzene rings is 1. The van der Waals surface area contributed by atoms with Crippen molar-refractivity contribution in [3.05, 3.63) is 41.2 Å². The van der Waals surface area contributed by atoms with Gasteiger partial charge in [-0.15, -0.1) is 0 Å². The van der Waals surface area contributed by atoms with Crippen LogP contribution in [0.5, 0.6) is 5.75 Å². The molecular weight excluding hydrogens is 373 g/mol. The Bertz CT molecular complexity index is 787. The topological polar surface area (TPSA) is 58.6 Å². The van der Waals surface area contributed by atoms with Crippen molar-refractivity contribution in [1.82, 2.24) is 10.2 Å². The van der Waals surface area contributed by atoms with Crippen LogP contribution in [-0.2, 0) is 11.2 Å². The van der Waals surface area contributed by atoms with Crippen molar-refractivity contribution in [2.75, 3.05) is 19.7 Å². The van der Waals surface area contributed by atoms with E-state index in [1.54, 1.807) is 18.2 Å². The fraction of sp³-hybridized carbons (Fsp3) is 0.500. The molecule has 2 amide bonds. The fourth-order valence-corrected chi connectivity index (χ4v) is 3.35. The Morgan fingerprint density at radius 2 is 2.14 bits per heavy atom. The van der Waals surface area contributed by atoms with Gasteiger partial charge in [0, 0.05) is 31.0 Å². The summed E-state index contributed by atoms with van der Waals surface area (Å²) in [4.78, 5) is 26.1. The molecule has 8 heteroatoms. The molecule has 1 fully saturated rings. The van der Waals surface area contributed by atoms with Crippen LogP contribution in [0.15, 0.2) is 30.1 Å². The van der Waals surface area contributed by atoms with Gasteiger partial charge in [0.25, 0.3) is 11.8 Å². The van der Waals surface area contributed by atoms with E-state index in [4.69, 9.17) is 4.74 Å². The predicted molar refractivity (Wildman–Crippen MR) is 97.1 cm³/mol. The van der Waals surface area contributed by atoms with Crippen LogP contribution in [0.4, 0.5) is 13.2 Å². The van der Waals surface area contributed by atoms with Crippen LogP contribution in [-0.4, -0.2) is 48.4 Å². The van der Waals surface area contributed by atoms with Crippen molar-refractivity contribution < 1.29 is 27.5 Å². The van der Waals surface area contributed by atoms with Crippen LogP contribution in [0.3, 0.4) is 0 Å². The first kappa shape index (κ1) is 20.2. The molecule has 0 atom stereocenters. The Labute approximate surface area is 161 Å². The monoisotopic (exact) mass is 396 g/mol. The van der Waals surface area contributed by atoms with E-state index in [0.717, 1.165) is 5.56 Å². The van der Waals surface area contributed by atoms with Crippen molar-refractivity contribution >= 4 is 11.8 Å². The molecule has 0 radical (unpaired) electrons. The van der Waals surface area contributed by atoms with E-state index < -0.39 is 17.9 Å². The summed E-state index contributed by atoms with van der Waals surface area (Å²) >= 11 is 0. The lowest BCUT2D eigenvalue weighted by atomic mass is 9.88. The minimum Gasteiger partial charge on any atom is -0.489 e. The highest BCUT2D eigenvalue weighted by molar-refractivity contribution is 5.98. The summed E-state index contributed by atoms with van der Waals surface area (Å²) < 4.78 is 43.9. The molecule has 1 aromatic carbocycles. The van der Waals surface area contributed by atoms with Crippen molar-refractivity contribution in [3.8, 4) is 5.75 Å². The molecule has 0 aromatic heterocycles. The summed E-state index contributed by atoms with van der Waals surface area (Å²) in [6, 6.07) is 4.50. The predicted octanol–water partition coefficient (Wildman–Crippen LogP) is 3.24. The molecule has 152 valence electrons. The molecule has 0 spiro atoms. The molecule has 3 rings (SSSR count). The van der Waals surface area contributed by atoms with Gasteiger partial charge in [-0.05, 0) is 42.2 Å². The second kappa shape index (κ2) is 8.24. The number of carbonyl (C=O) groups excluding carboxylic acids is 2. The Balaban J connectivity index is 1.56. The SMILES string of the molecule is CC/C(=C\F)COc1ccc2c(c1)CCN(CC(=O)NC1CC(F)(F)C1)C2=O. The number of nitrogens with one attached hydrogen (secondary N) is 1. The standard InChI is InChI=1S/C20H23F3N2O3/c1-2-13(10-21)12-28-16-3-4-17-14(7-16)5-6-25(19(17)27)11-18(26)24-15-8-20(22,23)9-15/h3-4,7,10,15H,2,5-6,8-9,11-12H2,1H3,(H,24,26)/b13-10+. The van der Waals surface area contributed by atoms with Gasteiger partial charge in [-0.25, -0.2) is 13.2 Å². The molecule has 1 aliphatic carbocycles. The smallest absolute Gasteiger partial charge is 0.254 e. The maximum absolute atomic E-state index is 12.8. The number of carbonyl (C=O) groups is 2. The summed E-state index contributed by atoms with van der Waals surface area (Å²) in [5.74, 6) is -2.85. The number of ether oxygens (including phenoxy) is 1. The number of fused-ring (bicyclic) bond motifs is 1. The summed E-state index contributed by atoms with van der Waals surface area (Å²) in [7, 11) is 0. The fourth-order valence-electron chi connectivity index (χ4n) is 3.35. The van der Waals surface area contributed by atoms with Crippen LogP contribution in [0.25, 0.3) is 0 Å². The summed E-state index contributed by atoms with van der Waals surface area (Å²) in [5.41, 5.74) is 1.83. The van der Waals surface area contributed by atoms with E-state index >= 15 is 0 Å². The zero-order chi connectivity index (χ0) is 20.3. The summed E-state index contributed by atoms with van der Waals surface area (Å²) in [5, 5.41) is 2.54. The van der Waals surface area contributed by atoms with Gasteiger partial charge in [0.2, 0.25) is 5.91 Å². The molecular formula is C20H23F3N2O3. The highest BCUT2D eigenvalue weighted by Crippen LogP contribution is 2.37. The molecule has 1 heterocycles. The van der Waals surface area contributed by atoms with E-state index in [0.29, 0.717) is 42.6 Å². The average Bonchev–Trinajstić information content (AvgIpc) is 2.63. The van der Waals surface area contributed by atoms with Gasteiger partial charge in [0.15, 0.2) is 0 Å². The van der Waals surface area contributed by atoms with Crippen LogP contribution < -0.4 is 10.1 Å². The molecule has 0 saturated heterocycles. The second-order valence-electron chi connectivity index (χ2n) is 7.23. The van der Waals surface area contributed by atoms with E-state index in [-0.39, 0.29) is 31.9 Å². The van der Waals surface area contributed by atoms with E-state index in [2.05, 4.69) is 5.32 Å². The number of hydrogen-bond donors (Lipinski definition) is 1. The minimum atomic E-state index is -2.70. The molecule has 0 unspecified atom stereocenters. The average molecular weight is 396 g/mol. The quantitative estimate of drug-likeness (QED) is 0.770. The van der Waals surface area contributed by atoms with Gasteiger partial charge < -0.3 is 15.0 Å². The summed E-state index contributed by atoms with van der Waals surface area (Å²) in [6.45, 7) is 2.18. The Morgan fingerprint density at radius 3 is 2.79 bits per heavy atom. The second-order valence-corrected chi connectivity index (χ2v) is 7.23. The van der Waals surface area contributed by atoms with Crippen LogP contribution in [0, 0.1) is 0 Å². The van der Waals surface area contributed by atoms with Gasteiger partial charge in [0.1, 0.15) is 12.4 Å². The van der Waals surface area contributed by atoms with Crippen molar-refractivity contribution in [3.63, 3.8) is 0 Å². The number of nitrogens with zero attached hydrogens (tertiary/aromatic N) is 1. The molecule has 28 heavy (non-hydrogen) atoms. The Hall–Kier alpha value is -2.51. The zero-order valence-corrected chi connectivity index (χ0v) is 15.6. The van der Waals surface area contributed by atoms with E-state index in [1.807, 2.05) is 6.92 Å². The van der Waals surface area contributed by atoms with E-state index in [1.165, 1.54) is 4.90 Å². The Kier molecular flexibility index (Phi) is 5.96. The zero-order valence-electron chi connectivity index (χ0n) is 15.6. The number of halogens is 3. The summed E-state index contributed by atoms with van der Waals surface area (Å²) in [6.07, 6.45) is 0.933. The normalized spacial score (nSPS) is 19.1. The van der Waals surface area contributed by atoms with Crippen molar-refractivity contribution in [2.45, 2.75) is 44.6 Å². The van der Waals surface area contributed by atoms with Gasteiger partial charge in [-0.2, -0.15) is 0 Å². The first-order valence-corrected chi connectivity index (χ1v) is 9.31. The maximum atomic E-state index is 12.8. The molecule has 2 aliphatic rings. The Morgan fingerprint density at radius 1 is 1.39 bits per heavy atom. The highest BCUT2D eigenvalue weighted by atomic mass is 19.3. The van der Waals surface area contributed by atoms with Gasteiger partial charge in [0.05, 0.1) is 12.9 Å². The lowest BCUT2D eigenvalue weighted by molar-refractivity contribution is -0.129. The molecule has 1 aliphatic heterocycles. The first-order valence-electron chi connectivity index (χ1n) is 9.31. The number of amides is 2. The van der Waals surface area contributed by atoms with Crippen molar-refractivity contribution in [2.24, 2.45) is 0 Å². The number of rotatable bonds is 7. The largest absolute Gasteiger partial charge is 0.489 e.